The van der Waals surface area contributed by atoms with Crippen molar-refractivity contribution in [1.29, 1.82) is 0 Å². The molecule has 2 aromatic rings. The molecule has 0 aliphatic carbocycles. The van der Waals surface area contributed by atoms with E-state index < -0.39 is 12.1 Å². The zero-order valence-electron chi connectivity index (χ0n) is 15.6. The zero-order chi connectivity index (χ0) is 19.4. The number of hydrogen-bond donors (Lipinski definition) is 2. The third-order valence-corrected chi connectivity index (χ3v) is 4.49. The lowest BCUT2D eigenvalue weighted by Crippen LogP contribution is -2.49. The Labute approximate surface area is 158 Å². The maximum absolute atomic E-state index is 13.1. The summed E-state index contributed by atoms with van der Waals surface area (Å²) in [6.07, 6.45) is 0.477. The Bertz CT molecular complexity index is 853. The quantitative estimate of drug-likeness (QED) is 0.849. The summed E-state index contributed by atoms with van der Waals surface area (Å²) in [5.41, 5.74) is 2.16. The van der Waals surface area contributed by atoms with E-state index in [4.69, 9.17) is 9.47 Å². The van der Waals surface area contributed by atoms with Crippen molar-refractivity contribution in [3.63, 3.8) is 0 Å². The minimum absolute atomic E-state index is 0.179. The lowest BCUT2D eigenvalue weighted by Gasteiger charge is -2.25. The molecule has 1 aliphatic heterocycles. The van der Waals surface area contributed by atoms with E-state index in [1.54, 1.807) is 18.2 Å². The highest BCUT2D eigenvalue weighted by Crippen LogP contribution is 2.37. The Hall–Kier alpha value is -3.22. The van der Waals surface area contributed by atoms with Gasteiger partial charge >= 0.3 is 6.03 Å². The molecule has 1 heterocycles. The predicted octanol–water partition coefficient (Wildman–Crippen LogP) is 2.80. The van der Waals surface area contributed by atoms with E-state index >= 15 is 0 Å². The van der Waals surface area contributed by atoms with Crippen molar-refractivity contribution < 1.29 is 19.1 Å². The molecule has 2 N–H and O–H groups in total. The second-order valence-electron chi connectivity index (χ2n) is 6.08. The van der Waals surface area contributed by atoms with Gasteiger partial charge in [-0.05, 0) is 30.7 Å². The number of nitrogens with zero attached hydrogens (tertiary/aromatic N) is 1. The van der Waals surface area contributed by atoms with Crippen molar-refractivity contribution in [3.05, 3.63) is 48.0 Å². The molecule has 2 aromatic carbocycles. The number of fused-ring (bicyclic) bond motifs is 1. The Morgan fingerprint density at radius 1 is 1.11 bits per heavy atom. The molecular formula is C20H23N3O4. The van der Waals surface area contributed by atoms with Crippen molar-refractivity contribution in [3.8, 4) is 11.5 Å². The van der Waals surface area contributed by atoms with Crippen LogP contribution in [-0.2, 0) is 11.2 Å². The van der Waals surface area contributed by atoms with Gasteiger partial charge in [0.1, 0.15) is 6.04 Å². The Morgan fingerprint density at radius 2 is 1.89 bits per heavy atom. The summed E-state index contributed by atoms with van der Waals surface area (Å²) in [6, 6.07) is 11.8. The van der Waals surface area contributed by atoms with Crippen LogP contribution >= 0.6 is 0 Å². The normalized spacial score (nSPS) is 15.1. The van der Waals surface area contributed by atoms with E-state index in [-0.39, 0.29) is 5.91 Å². The monoisotopic (exact) mass is 369 g/mol. The highest BCUT2D eigenvalue weighted by atomic mass is 16.5. The number of anilines is 2. The fourth-order valence-electron chi connectivity index (χ4n) is 3.30. The number of likely N-dealkylation sites (N-methyl/N-ethyl adjacent to an activating group) is 1. The van der Waals surface area contributed by atoms with Gasteiger partial charge in [-0.25, -0.2) is 4.79 Å². The summed E-state index contributed by atoms with van der Waals surface area (Å²) in [5, 5.41) is 5.65. The number of ether oxygens (including phenoxy) is 2. The topological polar surface area (TPSA) is 79.9 Å². The maximum atomic E-state index is 13.1. The first kappa shape index (κ1) is 18.6. The van der Waals surface area contributed by atoms with Crippen LogP contribution in [0, 0.1) is 0 Å². The van der Waals surface area contributed by atoms with Crippen molar-refractivity contribution in [2.75, 3.05) is 31.0 Å². The first-order chi connectivity index (χ1) is 13.1. The van der Waals surface area contributed by atoms with Gasteiger partial charge < -0.3 is 20.1 Å². The summed E-state index contributed by atoms with van der Waals surface area (Å²) in [4.78, 5) is 27.1. The summed E-state index contributed by atoms with van der Waals surface area (Å²) in [5.74, 6) is 0.759. The van der Waals surface area contributed by atoms with E-state index in [2.05, 4.69) is 10.6 Å². The second kappa shape index (κ2) is 7.99. The van der Waals surface area contributed by atoms with Gasteiger partial charge in [0.2, 0.25) is 5.91 Å². The third kappa shape index (κ3) is 3.53. The molecule has 7 heteroatoms. The zero-order valence-corrected chi connectivity index (χ0v) is 15.6. The van der Waals surface area contributed by atoms with Crippen molar-refractivity contribution in [1.82, 2.24) is 5.32 Å². The largest absolute Gasteiger partial charge is 0.493 e. The molecular weight excluding hydrogens is 346 g/mol. The standard InChI is InChI=1S/C20H23N3O4/c1-4-21-19(24)16-12-13-8-5-6-10-15(13)23(16)20(25)22-14-9-7-11-17(26-2)18(14)27-3/h5-11,16H,4,12H2,1-3H3,(H,21,24)(H,22,25)/t16-/m0/s1. The number of urea groups is 1. The number of carbonyl (C=O) groups is 2. The molecule has 3 amide bonds. The van der Waals surface area contributed by atoms with Crippen LogP contribution in [0.15, 0.2) is 42.5 Å². The Kier molecular flexibility index (Phi) is 5.49. The van der Waals surface area contributed by atoms with Gasteiger partial charge in [0, 0.05) is 18.7 Å². The summed E-state index contributed by atoms with van der Waals surface area (Å²) >= 11 is 0. The van der Waals surface area contributed by atoms with Gasteiger partial charge in [-0.3, -0.25) is 9.69 Å². The van der Waals surface area contributed by atoms with Crippen LogP contribution in [0.2, 0.25) is 0 Å². The number of para-hydroxylation sites is 2. The molecule has 1 atom stereocenters. The summed E-state index contributed by atoms with van der Waals surface area (Å²) in [7, 11) is 3.04. The molecule has 0 radical (unpaired) electrons. The Balaban J connectivity index is 1.93. The lowest BCUT2D eigenvalue weighted by atomic mass is 10.1. The molecule has 142 valence electrons. The number of amides is 3. The van der Waals surface area contributed by atoms with E-state index in [0.29, 0.717) is 30.2 Å². The average molecular weight is 369 g/mol. The van der Waals surface area contributed by atoms with Crippen molar-refractivity contribution >= 4 is 23.3 Å². The number of carbonyl (C=O) groups excluding carboxylic acids is 2. The molecule has 0 saturated carbocycles. The highest BCUT2D eigenvalue weighted by molar-refractivity contribution is 6.09. The predicted molar refractivity (Wildman–Crippen MR) is 104 cm³/mol. The van der Waals surface area contributed by atoms with Gasteiger partial charge in [-0.2, -0.15) is 0 Å². The first-order valence-corrected chi connectivity index (χ1v) is 8.77. The van der Waals surface area contributed by atoms with Gasteiger partial charge in [-0.15, -0.1) is 0 Å². The van der Waals surface area contributed by atoms with E-state index in [1.165, 1.54) is 19.1 Å². The number of nitrogens with one attached hydrogen (secondary N) is 2. The lowest BCUT2D eigenvalue weighted by molar-refractivity contribution is -0.122. The molecule has 0 spiro atoms. The highest BCUT2D eigenvalue weighted by Gasteiger charge is 2.38. The van der Waals surface area contributed by atoms with Crippen molar-refractivity contribution in [2.24, 2.45) is 0 Å². The van der Waals surface area contributed by atoms with Crippen molar-refractivity contribution in [2.45, 2.75) is 19.4 Å². The minimum Gasteiger partial charge on any atom is -0.493 e. The molecule has 0 aromatic heterocycles. The van der Waals surface area contributed by atoms with Crippen LogP contribution in [0.3, 0.4) is 0 Å². The molecule has 0 fully saturated rings. The second-order valence-corrected chi connectivity index (χ2v) is 6.08. The van der Waals surface area contributed by atoms with Gasteiger partial charge in [0.05, 0.1) is 19.9 Å². The third-order valence-electron chi connectivity index (χ3n) is 4.49. The van der Waals surface area contributed by atoms with Gasteiger partial charge in [0.25, 0.3) is 0 Å². The van der Waals surface area contributed by atoms with Crippen LogP contribution in [0.1, 0.15) is 12.5 Å². The summed E-state index contributed by atoms with van der Waals surface area (Å²) in [6.45, 7) is 2.36. The molecule has 27 heavy (non-hydrogen) atoms. The molecule has 3 rings (SSSR count). The number of hydrogen-bond acceptors (Lipinski definition) is 4. The number of methoxy groups -OCH3 is 2. The first-order valence-electron chi connectivity index (χ1n) is 8.77. The fourth-order valence-corrected chi connectivity index (χ4v) is 3.30. The summed E-state index contributed by atoms with van der Waals surface area (Å²) < 4.78 is 10.7. The van der Waals surface area contributed by atoms with E-state index in [9.17, 15) is 9.59 Å². The molecule has 0 bridgehead atoms. The minimum atomic E-state index is -0.598. The average Bonchev–Trinajstić information content (AvgIpc) is 3.07. The number of rotatable bonds is 5. The molecule has 0 saturated heterocycles. The molecule has 7 nitrogen and oxygen atoms in total. The van der Waals surface area contributed by atoms with Crippen LogP contribution in [0.25, 0.3) is 0 Å². The van der Waals surface area contributed by atoms with E-state index in [0.717, 1.165) is 11.3 Å². The van der Waals surface area contributed by atoms with Crippen LogP contribution in [-0.4, -0.2) is 38.7 Å². The van der Waals surface area contributed by atoms with E-state index in [1.807, 2.05) is 31.2 Å². The molecule has 0 unspecified atom stereocenters. The van der Waals surface area contributed by atoms with Crippen LogP contribution in [0.4, 0.5) is 16.2 Å². The number of benzene rings is 2. The maximum Gasteiger partial charge on any atom is 0.327 e. The van der Waals surface area contributed by atoms with Crippen LogP contribution in [0.5, 0.6) is 11.5 Å². The molecule has 1 aliphatic rings. The SMILES string of the molecule is CCNC(=O)[C@@H]1Cc2ccccc2N1C(=O)Nc1cccc(OC)c1OC. The fraction of sp³-hybridized carbons (Fsp3) is 0.300. The smallest absolute Gasteiger partial charge is 0.327 e. The van der Waals surface area contributed by atoms with Gasteiger partial charge in [-0.1, -0.05) is 24.3 Å². The van der Waals surface area contributed by atoms with Crippen LogP contribution < -0.4 is 25.0 Å². The Morgan fingerprint density at radius 3 is 2.59 bits per heavy atom. The van der Waals surface area contributed by atoms with Gasteiger partial charge in [0.15, 0.2) is 11.5 Å².